The van der Waals surface area contributed by atoms with Crippen LogP contribution in [0, 0.1) is 0 Å². The van der Waals surface area contributed by atoms with Gasteiger partial charge < -0.3 is 4.52 Å². The van der Waals surface area contributed by atoms with Crippen LogP contribution in [-0.4, -0.2) is 10.1 Å². The van der Waals surface area contributed by atoms with Crippen molar-refractivity contribution >= 4 is 39.0 Å². The average Bonchev–Trinajstić information content (AvgIpc) is 3.07. The van der Waals surface area contributed by atoms with Gasteiger partial charge in [-0.1, -0.05) is 33.2 Å². The Hall–Kier alpha value is -1.11. The smallest absolute Gasteiger partial charge is 0.268 e. The highest BCUT2D eigenvalue weighted by molar-refractivity contribution is 9.10. The monoisotopic (exact) mass is 352 g/mol. The molecule has 3 aromatic rings. The molecule has 0 aliphatic rings. The van der Waals surface area contributed by atoms with Crippen molar-refractivity contribution in [2.24, 2.45) is 0 Å². The van der Waals surface area contributed by atoms with E-state index in [0.29, 0.717) is 17.5 Å². The fourth-order valence-electron chi connectivity index (χ4n) is 1.52. The molecule has 0 saturated heterocycles. The van der Waals surface area contributed by atoms with Gasteiger partial charge in [0.15, 0.2) is 5.82 Å². The first-order valence-corrected chi connectivity index (χ1v) is 8.22. The Balaban J connectivity index is 1.68. The molecule has 0 atom stereocenters. The zero-order valence-electron chi connectivity index (χ0n) is 9.75. The highest BCUT2D eigenvalue weighted by Crippen LogP contribution is 2.27. The summed E-state index contributed by atoms with van der Waals surface area (Å²) in [4.78, 5) is 6.57. The highest BCUT2D eigenvalue weighted by Gasteiger charge is 2.09. The van der Waals surface area contributed by atoms with Crippen LogP contribution in [0.1, 0.15) is 5.82 Å². The lowest BCUT2D eigenvalue weighted by atomic mass is 10.4. The maximum absolute atomic E-state index is 5.25. The van der Waals surface area contributed by atoms with E-state index in [9.17, 15) is 0 Å². The minimum atomic E-state index is 0.597. The van der Waals surface area contributed by atoms with Crippen LogP contribution < -0.4 is 0 Å². The third-order valence-corrected chi connectivity index (χ3v) is 4.70. The van der Waals surface area contributed by atoms with Gasteiger partial charge in [0.05, 0.1) is 10.6 Å². The van der Waals surface area contributed by atoms with Gasteiger partial charge in [0.2, 0.25) is 0 Å². The second-order valence-corrected chi connectivity index (χ2v) is 6.65. The summed E-state index contributed by atoms with van der Waals surface area (Å²) in [5.74, 6) is 2.01. The maximum Gasteiger partial charge on any atom is 0.268 e. The van der Waals surface area contributed by atoms with Crippen LogP contribution in [-0.2, 0) is 5.75 Å². The standard InChI is InChI=1S/C13H9BrN2OS2/c14-9-3-1-4-10(7-9)19-8-12-15-13(17-16-12)11-5-2-6-18-11/h1-7H,8H2. The first-order valence-electron chi connectivity index (χ1n) is 5.56. The summed E-state index contributed by atoms with van der Waals surface area (Å²) in [5, 5.41) is 5.99. The van der Waals surface area contributed by atoms with Gasteiger partial charge in [-0.25, -0.2) is 0 Å². The molecule has 96 valence electrons. The van der Waals surface area contributed by atoms with Crippen molar-refractivity contribution in [2.45, 2.75) is 10.6 Å². The summed E-state index contributed by atoms with van der Waals surface area (Å²) in [6, 6.07) is 12.1. The van der Waals surface area contributed by atoms with Gasteiger partial charge in [-0.15, -0.1) is 23.1 Å². The van der Waals surface area contributed by atoms with Crippen LogP contribution >= 0.6 is 39.0 Å². The van der Waals surface area contributed by atoms with E-state index in [4.69, 9.17) is 4.52 Å². The number of aromatic nitrogens is 2. The number of hydrogen-bond donors (Lipinski definition) is 0. The fourth-order valence-corrected chi connectivity index (χ4v) is 3.51. The summed E-state index contributed by atoms with van der Waals surface area (Å²) in [5.41, 5.74) is 0. The summed E-state index contributed by atoms with van der Waals surface area (Å²) in [7, 11) is 0. The minimum Gasteiger partial charge on any atom is -0.333 e. The van der Waals surface area contributed by atoms with E-state index in [1.807, 2.05) is 29.6 Å². The predicted molar refractivity (Wildman–Crippen MR) is 81.3 cm³/mol. The number of thiophene rings is 1. The van der Waals surface area contributed by atoms with Crippen LogP contribution in [0.5, 0.6) is 0 Å². The summed E-state index contributed by atoms with van der Waals surface area (Å²) < 4.78 is 6.32. The van der Waals surface area contributed by atoms with Gasteiger partial charge in [-0.2, -0.15) is 4.98 Å². The van der Waals surface area contributed by atoms with Crippen molar-refractivity contribution in [3.8, 4) is 10.8 Å². The van der Waals surface area contributed by atoms with Gasteiger partial charge in [0, 0.05) is 9.37 Å². The molecule has 6 heteroatoms. The molecule has 0 radical (unpaired) electrons. The second-order valence-electron chi connectivity index (χ2n) is 3.74. The van der Waals surface area contributed by atoms with Crippen LogP contribution in [0.3, 0.4) is 0 Å². The van der Waals surface area contributed by atoms with Gasteiger partial charge in [-0.3, -0.25) is 0 Å². The van der Waals surface area contributed by atoms with Gasteiger partial charge in [-0.05, 0) is 29.6 Å². The Bertz CT molecular complexity index is 667. The molecule has 0 spiro atoms. The van der Waals surface area contributed by atoms with Crippen molar-refractivity contribution in [3.05, 3.63) is 52.1 Å². The van der Waals surface area contributed by atoms with Crippen LogP contribution in [0.25, 0.3) is 10.8 Å². The van der Waals surface area contributed by atoms with E-state index in [1.54, 1.807) is 23.1 Å². The quantitative estimate of drug-likeness (QED) is 0.629. The zero-order valence-corrected chi connectivity index (χ0v) is 13.0. The largest absolute Gasteiger partial charge is 0.333 e. The summed E-state index contributed by atoms with van der Waals surface area (Å²) in [6.45, 7) is 0. The Labute approximate surface area is 127 Å². The van der Waals surface area contributed by atoms with Crippen LogP contribution in [0.2, 0.25) is 0 Å². The van der Waals surface area contributed by atoms with Gasteiger partial charge in [0.25, 0.3) is 5.89 Å². The molecule has 3 nitrogen and oxygen atoms in total. The lowest BCUT2D eigenvalue weighted by Gasteiger charge is -1.98. The Morgan fingerprint density at radius 1 is 1.26 bits per heavy atom. The van der Waals surface area contributed by atoms with E-state index in [1.165, 1.54) is 4.90 Å². The molecule has 0 aliphatic heterocycles. The van der Waals surface area contributed by atoms with E-state index in [0.717, 1.165) is 9.35 Å². The summed E-state index contributed by atoms with van der Waals surface area (Å²) >= 11 is 6.74. The number of rotatable bonds is 4. The van der Waals surface area contributed by atoms with Crippen molar-refractivity contribution in [3.63, 3.8) is 0 Å². The van der Waals surface area contributed by atoms with Crippen molar-refractivity contribution < 1.29 is 4.52 Å². The SMILES string of the molecule is Brc1cccc(SCc2noc(-c3cccs3)n2)c1. The van der Waals surface area contributed by atoms with Crippen molar-refractivity contribution in [1.29, 1.82) is 0 Å². The molecule has 0 aliphatic carbocycles. The molecule has 0 amide bonds. The van der Waals surface area contributed by atoms with E-state index < -0.39 is 0 Å². The molecule has 1 aromatic carbocycles. The number of hydrogen-bond acceptors (Lipinski definition) is 5. The normalized spacial score (nSPS) is 10.8. The first-order chi connectivity index (χ1) is 9.31. The molecule has 0 N–H and O–H groups in total. The molecule has 2 heterocycles. The summed E-state index contributed by atoms with van der Waals surface area (Å²) in [6.07, 6.45) is 0. The third-order valence-electron chi connectivity index (χ3n) is 2.36. The first kappa shape index (κ1) is 12.9. The zero-order chi connectivity index (χ0) is 13.1. The molecule has 19 heavy (non-hydrogen) atoms. The minimum absolute atomic E-state index is 0.597. The van der Waals surface area contributed by atoms with Gasteiger partial charge in [0.1, 0.15) is 0 Å². The Morgan fingerprint density at radius 2 is 2.21 bits per heavy atom. The molecule has 0 bridgehead atoms. The van der Waals surface area contributed by atoms with E-state index >= 15 is 0 Å². The van der Waals surface area contributed by atoms with Gasteiger partial charge >= 0.3 is 0 Å². The van der Waals surface area contributed by atoms with Crippen LogP contribution in [0.15, 0.2) is 55.7 Å². The Morgan fingerprint density at radius 3 is 3.00 bits per heavy atom. The molecule has 0 saturated carbocycles. The number of benzene rings is 1. The third kappa shape index (κ3) is 3.26. The Kier molecular flexibility index (Phi) is 4.00. The number of halogens is 1. The highest BCUT2D eigenvalue weighted by atomic mass is 79.9. The van der Waals surface area contributed by atoms with E-state index in [-0.39, 0.29) is 0 Å². The molecule has 0 fully saturated rings. The topological polar surface area (TPSA) is 38.9 Å². The molecular formula is C13H9BrN2OS2. The molecule has 0 unspecified atom stereocenters. The lowest BCUT2D eigenvalue weighted by molar-refractivity contribution is 0.426. The average molecular weight is 353 g/mol. The molecular weight excluding hydrogens is 344 g/mol. The number of nitrogens with zero attached hydrogens (tertiary/aromatic N) is 2. The second kappa shape index (κ2) is 5.90. The predicted octanol–water partition coefficient (Wildman–Crippen LogP) is 4.85. The van der Waals surface area contributed by atoms with Crippen LogP contribution in [0.4, 0.5) is 0 Å². The van der Waals surface area contributed by atoms with E-state index in [2.05, 4.69) is 38.2 Å². The lowest BCUT2D eigenvalue weighted by Crippen LogP contribution is -1.83. The number of thioether (sulfide) groups is 1. The van der Waals surface area contributed by atoms with Crippen molar-refractivity contribution in [1.82, 2.24) is 10.1 Å². The maximum atomic E-state index is 5.25. The molecule has 3 rings (SSSR count). The molecule has 2 aromatic heterocycles. The fraction of sp³-hybridized carbons (Fsp3) is 0.0769. The van der Waals surface area contributed by atoms with Crippen molar-refractivity contribution in [2.75, 3.05) is 0 Å².